The second-order valence-electron chi connectivity index (χ2n) is 6.33. The molecule has 4 rings (SSSR count). The van der Waals surface area contributed by atoms with Gasteiger partial charge in [-0.2, -0.15) is 0 Å². The molecule has 1 saturated heterocycles. The first kappa shape index (κ1) is 16.3. The van der Waals surface area contributed by atoms with Crippen molar-refractivity contribution in [2.24, 2.45) is 0 Å². The number of carbonyl (C=O) groups excluding carboxylic acids is 2. The van der Waals surface area contributed by atoms with Gasteiger partial charge in [0.05, 0.1) is 5.56 Å². The highest BCUT2D eigenvalue weighted by molar-refractivity contribution is 6.03. The molecule has 1 fully saturated rings. The number of nitrogens with zero attached hydrogens (tertiary/aromatic N) is 4. The average molecular weight is 348 g/mol. The molecule has 0 bridgehead atoms. The van der Waals surface area contributed by atoms with Crippen molar-refractivity contribution in [3.05, 3.63) is 66.6 Å². The molecule has 0 N–H and O–H groups in total. The van der Waals surface area contributed by atoms with Gasteiger partial charge >= 0.3 is 0 Å². The molecule has 2 aromatic heterocycles. The van der Waals surface area contributed by atoms with Gasteiger partial charge in [-0.1, -0.05) is 18.2 Å². The fourth-order valence-corrected chi connectivity index (χ4v) is 3.54. The van der Waals surface area contributed by atoms with Crippen LogP contribution in [0, 0.1) is 0 Å². The summed E-state index contributed by atoms with van der Waals surface area (Å²) < 4.78 is 1.81. The van der Waals surface area contributed by atoms with E-state index in [-0.39, 0.29) is 11.8 Å². The molecule has 6 nitrogen and oxygen atoms in total. The summed E-state index contributed by atoms with van der Waals surface area (Å²) in [7, 11) is 0. The zero-order chi connectivity index (χ0) is 18.1. The van der Waals surface area contributed by atoms with E-state index in [1.165, 1.54) is 0 Å². The lowest BCUT2D eigenvalue weighted by Gasteiger charge is -2.27. The van der Waals surface area contributed by atoms with Crippen LogP contribution in [0.5, 0.6) is 0 Å². The minimum absolute atomic E-state index is 0.0184. The summed E-state index contributed by atoms with van der Waals surface area (Å²) in [6, 6.07) is 12.8. The van der Waals surface area contributed by atoms with E-state index in [4.69, 9.17) is 0 Å². The summed E-state index contributed by atoms with van der Waals surface area (Å²) in [6.45, 7) is 3.02. The van der Waals surface area contributed by atoms with Crippen LogP contribution in [0.3, 0.4) is 0 Å². The number of pyridine rings is 1. The fourth-order valence-electron chi connectivity index (χ4n) is 3.54. The highest BCUT2D eigenvalue weighted by Crippen LogP contribution is 2.25. The molecule has 1 aliphatic heterocycles. The zero-order valence-electron chi connectivity index (χ0n) is 14.6. The number of hydrogen-bond donors (Lipinski definition) is 0. The van der Waals surface area contributed by atoms with E-state index in [0.717, 1.165) is 11.3 Å². The first-order valence-corrected chi connectivity index (χ1v) is 8.79. The summed E-state index contributed by atoms with van der Waals surface area (Å²) in [4.78, 5) is 33.6. The lowest BCUT2D eigenvalue weighted by molar-refractivity contribution is -0.120. The molecule has 1 aromatic carbocycles. The minimum atomic E-state index is -0.425. The number of carbonyl (C=O) groups is 2. The van der Waals surface area contributed by atoms with Crippen molar-refractivity contribution in [3.63, 3.8) is 0 Å². The number of fused-ring (bicyclic) bond motifs is 1. The zero-order valence-corrected chi connectivity index (χ0v) is 14.6. The smallest absolute Gasteiger partial charge is 0.256 e. The van der Waals surface area contributed by atoms with Gasteiger partial charge in [-0.3, -0.25) is 9.59 Å². The van der Waals surface area contributed by atoms with Crippen molar-refractivity contribution in [2.45, 2.75) is 19.4 Å². The second kappa shape index (κ2) is 6.63. The first-order valence-electron chi connectivity index (χ1n) is 8.79. The molecule has 3 aromatic rings. The number of amides is 2. The van der Waals surface area contributed by atoms with Gasteiger partial charge in [-0.15, -0.1) is 0 Å². The fraction of sp³-hybridized carbons (Fsp3) is 0.250. The van der Waals surface area contributed by atoms with Gasteiger partial charge in [-0.25, -0.2) is 4.98 Å². The molecule has 1 atom stereocenters. The van der Waals surface area contributed by atoms with E-state index in [9.17, 15) is 9.59 Å². The van der Waals surface area contributed by atoms with Gasteiger partial charge < -0.3 is 14.2 Å². The van der Waals surface area contributed by atoms with Gasteiger partial charge in [0.1, 0.15) is 11.7 Å². The number of anilines is 1. The topological polar surface area (TPSA) is 57.9 Å². The van der Waals surface area contributed by atoms with Crippen LogP contribution in [0.1, 0.15) is 23.7 Å². The van der Waals surface area contributed by atoms with Gasteiger partial charge in [0.2, 0.25) is 5.91 Å². The molecule has 132 valence electrons. The maximum absolute atomic E-state index is 13.0. The van der Waals surface area contributed by atoms with E-state index in [1.807, 2.05) is 47.7 Å². The molecule has 0 aliphatic carbocycles. The number of benzene rings is 1. The molecular formula is C20H20N4O2. The predicted octanol–water partition coefficient (Wildman–Crippen LogP) is 2.60. The van der Waals surface area contributed by atoms with E-state index in [2.05, 4.69) is 4.98 Å². The highest BCUT2D eigenvalue weighted by Gasteiger charge is 2.38. The Labute approximate surface area is 151 Å². The molecule has 0 saturated carbocycles. The SMILES string of the molecule is CCN(C(=O)c1ccc2nccn2c1)[C@H]1CCN(c2ccccc2)C1=O. The summed E-state index contributed by atoms with van der Waals surface area (Å²) in [5.74, 6) is -0.147. The van der Waals surface area contributed by atoms with E-state index < -0.39 is 6.04 Å². The third-order valence-corrected chi connectivity index (χ3v) is 4.86. The third-order valence-electron chi connectivity index (χ3n) is 4.86. The Balaban J connectivity index is 1.58. The van der Waals surface area contributed by atoms with Crippen LogP contribution in [0.15, 0.2) is 61.1 Å². The predicted molar refractivity (Wildman–Crippen MR) is 99.1 cm³/mol. The average Bonchev–Trinajstić information content (AvgIpc) is 3.29. The van der Waals surface area contributed by atoms with Crippen molar-refractivity contribution in [3.8, 4) is 0 Å². The van der Waals surface area contributed by atoms with E-state index in [0.29, 0.717) is 25.1 Å². The number of aromatic nitrogens is 2. The maximum Gasteiger partial charge on any atom is 0.256 e. The van der Waals surface area contributed by atoms with Crippen molar-refractivity contribution in [2.75, 3.05) is 18.0 Å². The molecule has 1 aliphatic rings. The number of hydrogen-bond acceptors (Lipinski definition) is 3. The molecule has 0 spiro atoms. The van der Waals surface area contributed by atoms with Crippen LogP contribution in [0.25, 0.3) is 5.65 Å². The van der Waals surface area contributed by atoms with Crippen molar-refractivity contribution in [1.29, 1.82) is 0 Å². The van der Waals surface area contributed by atoms with Crippen molar-refractivity contribution >= 4 is 23.1 Å². The quantitative estimate of drug-likeness (QED) is 0.728. The number of imidazole rings is 1. The van der Waals surface area contributed by atoms with Crippen LogP contribution in [0.4, 0.5) is 5.69 Å². The first-order chi connectivity index (χ1) is 12.7. The number of rotatable bonds is 4. The molecule has 6 heteroatoms. The highest BCUT2D eigenvalue weighted by atomic mass is 16.2. The largest absolute Gasteiger partial charge is 0.327 e. The Bertz CT molecular complexity index is 951. The van der Waals surface area contributed by atoms with Gasteiger partial charge in [0.15, 0.2) is 0 Å². The Kier molecular flexibility index (Phi) is 4.16. The number of para-hydroxylation sites is 1. The summed E-state index contributed by atoms with van der Waals surface area (Å²) in [5, 5.41) is 0. The van der Waals surface area contributed by atoms with Crippen LogP contribution in [0.2, 0.25) is 0 Å². The second-order valence-corrected chi connectivity index (χ2v) is 6.33. The Hall–Kier alpha value is -3.15. The monoisotopic (exact) mass is 348 g/mol. The molecule has 3 heterocycles. The normalized spacial score (nSPS) is 17.0. The lowest BCUT2D eigenvalue weighted by Crippen LogP contribution is -2.45. The lowest BCUT2D eigenvalue weighted by atomic mass is 10.1. The summed E-state index contributed by atoms with van der Waals surface area (Å²) >= 11 is 0. The van der Waals surface area contributed by atoms with Crippen LogP contribution in [-0.2, 0) is 4.79 Å². The Morgan fingerprint density at radius 1 is 1.23 bits per heavy atom. The summed E-state index contributed by atoms with van der Waals surface area (Å²) in [5.41, 5.74) is 2.23. The van der Waals surface area contributed by atoms with Crippen molar-refractivity contribution in [1.82, 2.24) is 14.3 Å². The van der Waals surface area contributed by atoms with Gasteiger partial charge in [0.25, 0.3) is 5.91 Å². The number of likely N-dealkylation sites (N-methyl/N-ethyl adjacent to an activating group) is 1. The summed E-state index contributed by atoms with van der Waals surface area (Å²) in [6.07, 6.45) is 5.90. The van der Waals surface area contributed by atoms with Gasteiger partial charge in [-0.05, 0) is 37.6 Å². The molecule has 2 amide bonds. The minimum Gasteiger partial charge on any atom is -0.327 e. The third kappa shape index (κ3) is 2.73. The van der Waals surface area contributed by atoms with E-state index in [1.54, 1.807) is 34.5 Å². The van der Waals surface area contributed by atoms with Crippen LogP contribution < -0.4 is 4.90 Å². The van der Waals surface area contributed by atoms with Crippen molar-refractivity contribution < 1.29 is 9.59 Å². The van der Waals surface area contributed by atoms with Crippen LogP contribution in [-0.4, -0.2) is 45.2 Å². The molecule has 0 radical (unpaired) electrons. The molecule has 26 heavy (non-hydrogen) atoms. The standard InChI is InChI=1S/C20H20N4O2/c1-2-23(19(25)15-8-9-18-21-11-13-22(18)14-15)17-10-12-24(20(17)26)16-6-4-3-5-7-16/h3-9,11,13-14,17H,2,10,12H2,1H3/t17-/m0/s1. The molecular weight excluding hydrogens is 328 g/mol. The van der Waals surface area contributed by atoms with E-state index >= 15 is 0 Å². The maximum atomic E-state index is 13.0. The van der Waals surface area contributed by atoms with Crippen LogP contribution >= 0.6 is 0 Å². The Morgan fingerprint density at radius 3 is 2.81 bits per heavy atom. The Morgan fingerprint density at radius 2 is 2.04 bits per heavy atom. The van der Waals surface area contributed by atoms with Gasteiger partial charge in [0, 0.05) is 37.4 Å². The molecule has 0 unspecified atom stereocenters.